The van der Waals surface area contributed by atoms with Crippen molar-refractivity contribution in [1.29, 1.82) is 0 Å². The predicted octanol–water partition coefficient (Wildman–Crippen LogP) is 4.61. The Morgan fingerprint density at radius 1 is 1.15 bits per heavy atom. The molecule has 2 aliphatic rings. The Bertz CT molecular complexity index is 847. The summed E-state index contributed by atoms with van der Waals surface area (Å²) >= 11 is 3.44. The number of anilines is 1. The van der Waals surface area contributed by atoms with Gasteiger partial charge >= 0.3 is 0 Å². The Balaban J connectivity index is 1.65. The maximum atomic E-state index is 13.1. The summed E-state index contributed by atoms with van der Waals surface area (Å²) in [6.07, 6.45) is 2.47. The van der Waals surface area contributed by atoms with E-state index in [1.54, 1.807) is 0 Å². The first kappa shape index (κ1) is 17.4. The van der Waals surface area contributed by atoms with Crippen molar-refractivity contribution in [2.45, 2.75) is 19.8 Å². The fraction of sp³-hybridized carbons (Fsp3) is 0.333. The van der Waals surface area contributed by atoms with Crippen molar-refractivity contribution >= 4 is 38.9 Å². The molecule has 134 valence electrons. The van der Waals surface area contributed by atoms with Gasteiger partial charge in [-0.05, 0) is 55.6 Å². The third-order valence-corrected chi connectivity index (χ3v) is 5.58. The highest BCUT2D eigenvalue weighted by atomic mass is 79.9. The van der Waals surface area contributed by atoms with Crippen LogP contribution in [0.1, 0.15) is 25.3 Å². The Hall–Kier alpha value is -1.98. The summed E-state index contributed by atoms with van der Waals surface area (Å²) in [7, 11) is 0. The lowest BCUT2D eigenvalue weighted by molar-refractivity contribution is -0.112. The molecule has 5 heteroatoms. The second kappa shape index (κ2) is 7.33. The van der Waals surface area contributed by atoms with Gasteiger partial charge in [-0.2, -0.15) is 0 Å². The summed E-state index contributed by atoms with van der Waals surface area (Å²) < 4.78 is 1.00. The number of hydrogen-bond acceptors (Lipinski definition) is 3. The number of nitrogens with zero attached hydrogens (tertiary/aromatic N) is 3. The normalized spacial score (nSPS) is 22.1. The van der Waals surface area contributed by atoms with Gasteiger partial charge in [0.1, 0.15) is 5.71 Å². The standard InChI is InChI=1S/C21H22BrN3O/c1-15-5-4-12-24(13-15)14-25-19-7-3-2-6-18(19)20(21(25)26)23-17-10-8-16(22)9-11-17/h2-3,6-11,15H,4-5,12-14H2,1H3/t15-/m0/s1. The average molecular weight is 412 g/mol. The number of amides is 1. The summed E-state index contributed by atoms with van der Waals surface area (Å²) in [5, 5.41) is 0. The summed E-state index contributed by atoms with van der Waals surface area (Å²) in [5.41, 5.74) is 3.21. The molecule has 2 heterocycles. The predicted molar refractivity (Wildman–Crippen MR) is 109 cm³/mol. The summed E-state index contributed by atoms with van der Waals surface area (Å²) in [4.78, 5) is 22.1. The van der Waals surface area contributed by atoms with Crippen LogP contribution < -0.4 is 4.90 Å². The zero-order valence-electron chi connectivity index (χ0n) is 14.9. The summed E-state index contributed by atoms with van der Waals surface area (Å²) in [5.74, 6) is 0.681. The van der Waals surface area contributed by atoms with E-state index in [0.717, 1.165) is 34.5 Å². The van der Waals surface area contributed by atoms with E-state index in [1.807, 2.05) is 53.4 Å². The molecule has 1 atom stereocenters. The van der Waals surface area contributed by atoms with E-state index < -0.39 is 0 Å². The Labute approximate surface area is 162 Å². The molecule has 26 heavy (non-hydrogen) atoms. The minimum Gasteiger partial charge on any atom is -0.293 e. The highest BCUT2D eigenvalue weighted by Gasteiger charge is 2.35. The molecule has 0 N–H and O–H groups in total. The molecule has 0 aromatic heterocycles. The van der Waals surface area contributed by atoms with Crippen LogP contribution in [0.3, 0.4) is 0 Å². The van der Waals surface area contributed by atoms with Crippen LogP contribution in [-0.2, 0) is 4.79 Å². The SMILES string of the molecule is C[C@H]1CCCN(CN2C(=O)C(=Nc3ccc(Br)cc3)c3ccccc32)C1. The van der Waals surface area contributed by atoms with Crippen LogP contribution in [0.4, 0.5) is 11.4 Å². The van der Waals surface area contributed by atoms with E-state index >= 15 is 0 Å². The van der Waals surface area contributed by atoms with Crippen LogP contribution in [0.25, 0.3) is 0 Å². The number of likely N-dealkylation sites (tertiary alicyclic amines) is 1. The van der Waals surface area contributed by atoms with Crippen molar-refractivity contribution in [1.82, 2.24) is 4.90 Å². The Morgan fingerprint density at radius 3 is 2.69 bits per heavy atom. The van der Waals surface area contributed by atoms with E-state index in [9.17, 15) is 4.79 Å². The minimum absolute atomic E-state index is 0.00709. The summed E-state index contributed by atoms with van der Waals surface area (Å²) in [6.45, 7) is 5.02. The molecule has 0 spiro atoms. The number of piperidine rings is 1. The van der Waals surface area contributed by atoms with Gasteiger partial charge in [0.2, 0.25) is 0 Å². The molecule has 2 aromatic carbocycles. The van der Waals surface area contributed by atoms with Crippen molar-refractivity contribution in [2.24, 2.45) is 10.9 Å². The molecule has 2 aliphatic heterocycles. The minimum atomic E-state index is -0.00709. The van der Waals surface area contributed by atoms with Gasteiger partial charge in [0.05, 0.1) is 18.0 Å². The maximum absolute atomic E-state index is 13.1. The summed E-state index contributed by atoms with van der Waals surface area (Å²) in [6, 6.07) is 15.7. The molecular weight excluding hydrogens is 390 g/mol. The number of fused-ring (bicyclic) bond motifs is 1. The largest absolute Gasteiger partial charge is 0.293 e. The number of para-hydroxylation sites is 1. The van der Waals surface area contributed by atoms with Gasteiger partial charge in [-0.25, -0.2) is 4.99 Å². The number of aliphatic imine (C=N–C) groups is 1. The number of carbonyl (C=O) groups excluding carboxylic acids is 1. The van der Waals surface area contributed by atoms with Crippen molar-refractivity contribution in [3.63, 3.8) is 0 Å². The highest BCUT2D eigenvalue weighted by Crippen LogP contribution is 2.31. The molecular formula is C21H22BrN3O. The van der Waals surface area contributed by atoms with Crippen molar-refractivity contribution in [2.75, 3.05) is 24.7 Å². The molecule has 1 fully saturated rings. The number of rotatable bonds is 3. The topological polar surface area (TPSA) is 35.9 Å². The fourth-order valence-corrected chi connectivity index (χ4v) is 4.03. The molecule has 4 nitrogen and oxygen atoms in total. The molecule has 0 aliphatic carbocycles. The van der Waals surface area contributed by atoms with Crippen LogP contribution in [0.5, 0.6) is 0 Å². The molecule has 4 rings (SSSR count). The molecule has 1 saturated heterocycles. The lowest BCUT2D eigenvalue weighted by Crippen LogP contribution is -2.45. The first-order chi connectivity index (χ1) is 12.6. The average Bonchev–Trinajstić information content (AvgIpc) is 2.90. The van der Waals surface area contributed by atoms with Crippen LogP contribution in [-0.4, -0.2) is 36.3 Å². The van der Waals surface area contributed by atoms with Crippen molar-refractivity contribution < 1.29 is 4.79 Å². The molecule has 0 saturated carbocycles. The molecule has 0 bridgehead atoms. The van der Waals surface area contributed by atoms with E-state index in [-0.39, 0.29) is 5.91 Å². The van der Waals surface area contributed by atoms with Gasteiger partial charge in [0, 0.05) is 16.6 Å². The number of halogens is 1. The maximum Gasteiger partial charge on any atom is 0.278 e. The lowest BCUT2D eigenvalue weighted by Gasteiger charge is -2.33. The van der Waals surface area contributed by atoms with Gasteiger partial charge in [-0.3, -0.25) is 14.6 Å². The van der Waals surface area contributed by atoms with Gasteiger partial charge in [-0.15, -0.1) is 0 Å². The van der Waals surface area contributed by atoms with Gasteiger partial charge < -0.3 is 0 Å². The zero-order chi connectivity index (χ0) is 18.1. The smallest absolute Gasteiger partial charge is 0.278 e. The highest BCUT2D eigenvalue weighted by molar-refractivity contribution is 9.10. The molecule has 1 amide bonds. The van der Waals surface area contributed by atoms with Gasteiger partial charge in [0.15, 0.2) is 0 Å². The fourth-order valence-electron chi connectivity index (χ4n) is 3.77. The number of carbonyl (C=O) groups is 1. The first-order valence-electron chi connectivity index (χ1n) is 9.10. The van der Waals surface area contributed by atoms with Crippen molar-refractivity contribution in [3.05, 3.63) is 58.6 Å². The van der Waals surface area contributed by atoms with Gasteiger partial charge in [0.25, 0.3) is 5.91 Å². The second-order valence-corrected chi connectivity index (χ2v) is 8.07. The van der Waals surface area contributed by atoms with E-state index in [1.165, 1.54) is 12.8 Å². The van der Waals surface area contributed by atoms with Crippen LogP contribution in [0.2, 0.25) is 0 Å². The first-order valence-corrected chi connectivity index (χ1v) is 9.89. The quantitative estimate of drug-likeness (QED) is 0.739. The van der Waals surface area contributed by atoms with Crippen LogP contribution in [0, 0.1) is 5.92 Å². The van der Waals surface area contributed by atoms with E-state index in [4.69, 9.17) is 0 Å². The Kier molecular flexibility index (Phi) is 4.92. The van der Waals surface area contributed by atoms with E-state index in [0.29, 0.717) is 18.3 Å². The van der Waals surface area contributed by atoms with Crippen molar-refractivity contribution in [3.8, 4) is 0 Å². The second-order valence-electron chi connectivity index (χ2n) is 7.15. The molecule has 0 radical (unpaired) electrons. The third-order valence-electron chi connectivity index (χ3n) is 5.05. The third kappa shape index (κ3) is 3.46. The number of benzene rings is 2. The van der Waals surface area contributed by atoms with Gasteiger partial charge in [-0.1, -0.05) is 41.1 Å². The zero-order valence-corrected chi connectivity index (χ0v) is 16.4. The van der Waals surface area contributed by atoms with Crippen LogP contribution >= 0.6 is 15.9 Å². The molecule has 0 unspecified atom stereocenters. The van der Waals surface area contributed by atoms with E-state index in [2.05, 4.69) is 32.7 Å². The Morgan fingerprint density at radius 2 is 1.92 bits per heavy atom. The van der Waals surface area contributed by atoms with Crippen LogP contribution in [0.15, 0.2) is 58.0 Å². The number of hydrogen-bond donors (Lipinski definition) is 0. The molecule has 2 aromatic rings. The monoisotopic (exact) mass is 411 g/mol. The lowest BCUT2D eigenvalue weighted by atomic mass is 10.0.